The average molecular weight is 292 g/mol. The lowest BCUT2D eigenvalue weighted by Gasteiger charge is -2.14. The van der Waals surface area contributed by atoms with Gasteiger partial charge in [0.2, 0.25) is 0 Å². The lowest BCUT2D eigenvalue weighted by Crippen LogP contribution is -2.21. The molecule has 0 radical (unpaired) electrons. The molecule has 1 aromatic rings. The molecule has 1 aromatic heterocycles. The monoisotopic (exact) mass is 291 g/mol. The maximum atomic E-state index is 10.9. The molecule has 0 unspecified atom stereocenters. The molecule has 0 aliphatic rings. The molecule has 0 aromatic carbocycles. The quantitative estimate of drug-likeness (QED) is 0.781. The lowest BCUT2D eigenvalue weighted by molar-refractivity contribution is -0.140. The van der Waals surface area contributed by atoms with Crippen LogP contribution in [-0.4, -0.2) is 31.6 Å². The van der Waals surface area contributed by atoms with E-state index < -0.39 is 0 Å². The van der Waals surface area contributed by atoms with Crippen molar-refractivity contribution in [2.24, 2.45) is 0 Å². The molecule has 0 saturated heterocycles. The lowest BCUT2D eigenvalue weighted by atomic mass is 10.3. The van der Waals surface area contributed by atoms with Gasteiger partial charge in [-0.25, -0.2) is 0 Å². The summed E-state index contributed by atoms with van der Waals surface area (Å²) in [6.45, 7) is 1.59. The molecule has 0 atom stereocenters. The van der Waals surface area contributed by atoms with E-state index in [0.29, 0.717) is 6.42 Å². The van der Waals surface area contributed by atoms with E-state index >= 15 is 0 Å². The number of hydrogen-bond donors (Lipinski definition) is 0. The van der Waals surface area contributed by atoms with Gasteiger partial charge in [-0.1, -0.05) is 0 Å². The summed E-state index contributed by atoms with van der Waals surface area (Å²) in [6, 6.07) is 2.10. The maximum absolute atomic E-state index is 10.9. The van der Waals surface area contributed by atoms with Crippen LogP contribution in [0, 0.1) is 0 Å². The van der Waals surface area contributed by atoms with Crippen LogP contribution in [0.2, 0.25) is 0 Å². The summed E-state index contributed by atoms with van der Waals surface area (Å²) in [6.07, 6.45) is 0.444. The van der Waals surface area contributed by atoms with E-state index in [1.807, 2.05) is 7.05 Å². The number of ether oxygens (including phenoxy) is 1. The van der Waals surface area contributed by atoms with Crippen molar-refractivity contribution < 1.29 is 9.53 Å². The summed E-state index contributed by atoms with van der Waals surface area (Å²) < 4.78 is 5.70. The Hall–Kier alpha value is -0.390. The highest BCUT2D eigenvalue weighted by Crippen LogP contribution is 2.20. The van der Waals surface area contributed by atoms with Crippen molar-refractivity contribution in [3.63, 3.8) is 0 Å². The van der Waals surface area contributed by atoms with Crippen LogP contribution in [0.5, 0.6) is 0 Å². The second-order valence-electron chi connectivity index (χ2n) is 3.30. The van der Waals surface area contributed by atoms with Crippen molar-refractivity contribution in [3.8, 4) is 0 Å². The Kier molecular flexibility index (Phi) is 5.28. The Morgan fingerprint density at radius 2 is 2.40 bits per heavy atom. The summed E-state index contributed by atoms with van der Waals surface area (Å²) in [4.78, 5) is 14.3. The molecule has 84 valence electrons. The van der Waals surface area contributed by atoms with Crippen molar-refractivity contribution >= 4 is 33.2 Å². The Morgan fingerprint density at radius 3 is 2.93 bits per heavy atom. The highest BCUT2D eigenvalue weighted by Gasteiger charge is 2.06. The largest absolute Gasteiger partial charge is 0.469 e. The molecule has 0 spiro atoms. The molecular weight excluding hydrogens is 278 g/mol. The van der Waals surface area contributed by atoms with Crippen LogP contribution in [-0.2, 0) is 16.1 Å². The molecule has 0 bridgehead atoms. The summed E-state index contributed by atoms with van der Waals surface area (Å²) in [5.74, 6) is -0.158. The zero-order chi connectivity index (χ0) is 11.3. The first kappa shape index (κ1) is 12.7. The number of thiophene rings is 1. The molecule has 3 nitrogen and oxygen atoms in total. The smallest absolute Gasteiger partial charge is 0.306 e. The average Bonchev–Trinajstić information content (AvgIpc) is 2.60. The van der Waals surface area contributed by atoms with Gasteiger partial charge in [0, 0.05) is 27.8 Å². The van der Waals surface area contributed by atoms with Gasteiger partial charge >= 0.3 is 5.97 Å². The van der Waals surface area contributed by atoms with E-state index in [1.54, 1.807) is 11.3 Å². The van der Waals surface area contributed by atoms with Gasteiger partial charge in [0.05, 0.1) is 13.5 Å². The number of methoxy groups -OCH3 is 1. The van der Waals surface area contributed by atoms with Gasteiger partial charge in [-0.15, -0.1) is 11.3 Å². The summed E-state index contributed by atoms with van der Waals surface area (Å²) in [5, 5.41) is 2.06. The minimum Gasteiger partial charge on any atom is -0.469 e. The first-order valence-electron chi connectivity index (χ1n) is 4.60. The van der Waals surface area contributed by atoms with Crippen LogP contribution in [0.3, 0.4) is 0 Å². The van der Waals surface area contributed by atoms with Gasteiger partial charge in [-0.3, -0.25) is 4.79 Å². The number of nitrogens with zero attached hydrogens (tertiary/aromatic N) is 1. The van der Waals surface area contributed by atoms with Gasteiger partial charge in [0.25, 0.3) is 0 Å². The number of hydrogen-bond acceptors (Lipinski definition) is 4. The third-order valence-electron chi connectivity index (χ3n) is 1.97. The molecule has 0 N–H and O–H groups in total. The third kappa shape index (κ3) is 4.77. The van der Waals surface area contributed by atoms with E-state index in [9.17, 15) is 4.79 Å². The number of carbonyl (C=O) groups is 1. The van der Waals surface area contributed by atoms with Crippen LogP contribution in [0.15, 0.2) is 15.9 Å². The van der Waals surface area contributed by atoms with Crippen molar-refractivity contribution in [2.75, 3.05) is 20.7 Å². The zero-order valence-electron chi connectivity index (χ0n) is 8.83. The highest BCUT2D eigenvalue weighted by molar-refractivity contribution is 9.10. The molecule has 0 aliphatic carbocycles. The van der Waals surface area contributed by atoms with Crippen molar-refractivity contribution in [1.29, 1.82) is 0 Å². The van der Waals surface area contributed by atoms with E-state index in [1.165, 1.54) is 12.0 Å². The van der Waals surface area contributed by atoms with Crippen LogP contribution >= 0.6 is 27.3 Å². The molecule has 1 heterocycles. The first-order valence-corrected chi connectivity index (χ1v) is 6.27. The second-order valence-corrected chi connectivity index (χ2v) is 5.21. The number of esters is 1. The van der Waals surface area contributed by atoms with E-state index in [-0.39, 0.29) is 5.97 Å². The topological polar surface area (TPSA) is 29.5 Å². The van der Waals surface area contributed by atoms with E-state index in [0.717, 1.165) is 17.6 Å². The van der Waals surface area contributed by atoms with Crippen LogP contribution < -0.4 is 0 Å². The fourth-order valence-electron chi connectivity index (χ4n) is 1.17. The fraction of sp³-hybridized carbons (Fsp3) is 0.500. The standard InChI is InChI=1S/C10H14BrNO2S/c1-12(4-3-10(13)14-2)6-9-5-8(11)7-15-9/h5,7H,3-4,6H2,1-2H3. The predicted molar refractivity (Wildman–Crippen MR) is 65.0 cm³/mol. The van der Waals surface area contributed by atoms with Crippen LogP contribution in [0.1, 0.15) is 11.3 Å². The molecule has 0 aliphatic heterocycles. The van der Waals surface area contributed by atoms with Crippen molar-refractivity contribution in [3.05, 3.63) is 20.8 Å². The minimum absolute atomic E-state index is 0.158. The molecule has 0 saturated carbocycles. The van der Waals surface area contributed by atoms with Crippen LogP contribution in [0.4, 0.5) is 0 Å². The Balaban J connectivity index is 2.30. The second kappa shape index (κ2) is 6.25. The van der Waals surface area contributed by atoms with Gasteiger partial charge in [-0.2, -0.15) is 0 Å². The maximum Gasteiger partial charge on any atom is 0.306 e. The van der Waals surface area contributed by atoms with Gasteiger partial charge in [0.15, 0.2) is 0 Å². The third-order valence-corrected chi connectivity index (χ3v) is 3.66. The van der Waals surface area contributed by atoms with E-state index in [2.05, 4.69) is 37.0 Å². The number of carbonyl (C=O) groups excluding carboxylic acids is 1. The van der Waals surface area contributed by atoms with Crippen LogP contribution in [0.25, 0.3) is 0 Å². The summed E-state index contributed by atoms with van der Waals surface area (Å²) >= 11 is 5.13. The normalized spacial score (nSPS) is 10.7. The molecule has 5 heteroatoms. The fourth-order valence-corrected chi connectivity index (χ4v) is 2.70. The minimum atomic E-state index is -0.158. The van der Waals surface area contributed by atoms with Gasteiger partial charge < -0.3 is 9.64 Å². The summed E-state index contributed by atoms with van der Waals surface area (Å²) in [7, 11) is 3.41. The highest BCUT2D eigenvalue weighted by atomic mass is 79.9. The van der Waals surface area contributed by atoms with Gasteiger partial charge in [0.1, 0.15) is 0 Å². The Labute approximate surface area is 102 Å². The molecular formula is C10H14BrNO2S. The zero-order valence-corrected chi connectivity index (χ0v) is 11.2. The molecule has 15 heavy (non-hydrogen) atoms. The molecule has 0 amide bonds. The molecule has 0 fully saturated rings. The number of rotatable bonds is 5. The van der Waals surface area contributed by atoms with Crippen molar-refractivity contribution in [2.45, 2.75) is 13.0 Å². The Bertz CT molecular complexity index is 327. The SMILES string of the molecule is COC(=O)CCN(C)Cc1cc(Br)cs1. The predicted octanol–water partition coefficient (Wildman–Crippen LogP) is 2.51. The van der Waals surface area contributed by atoms with Crippen molar-refractivity contribution in [1.82, 2.24) is 4.90 Å². The Morgan fingerprint density at radius 1 is 1.67 bits per heavy atom. The number of halogens is 1. The first-order chi connectivity index (χ1) is 7.11. The summed E-state index contributed by atoms with van der Waals surface area (Å²) in [5.41, 5.74) is 0. The van der Waals surface area contributed by atoms with E-state index in [4.69, 9.17) is 0 Å². The van der Waals surface area contributed by atoms with Gasteiger partial charge in [-0.05, 0) is 29.0 Å². The molecule has 1 rings (SSSR count).